The molecule has 0 spiro atoms. The fourth-order valence-corrected chi connectivity index (χ4v) is 3.05. The Morgan fingerprint density at radius 3 is 2.32 bits per heavy atom. The molecule has 3 aromatic heterocycles. The number of carbonyl (C=O) groups is 2. The van der Waals surface area contributed by atoms with Crippen LogP contribution in [-0.2, 0) is 0 Å². The van der Waals surface area contributed by atoms with Crippen molar-refractivity contribution in [3.8, 4) is 0 Å². The van der Waals surface area contributed by atoms with Gasteiger partial charge in [-0.05, 0) is 24.3 Å². The average Bonchev–Trinajstić information content (AvgIpc) is 3.12. The topological polar surface area (TPSA) is 82.2 Å². The number of carbonyl (C=O) groups excluding carboxylic acids is 2. The van der Waals surface area contributed by atoms with Crippen molar-refractivity contribution >= 4 is 22.8 Å². The van der Waals surface area contributed by atoms with Gasteiger partial charge in [-0.1, -0.05) is 6.07 Å². The molecule has 0 unspecified atom stereocenters. The van der Waals surface area contributed by atoms with Crippen LogP contribution in [0.3, 0.4) is 0 Å². The predicted octanol–water partition coefficient (Wildman–Crippen LogP) is 1.56. The summed E-state index contributed by atoms with van der Waals surface area (Å²) in [5.41, 5.74) is 2.53. The number of aromatic amines is 1. The van der Waals surface area contributed by atoms with E-state index in [1.165, 1.54) is 0 Å². The minimum atomic E-state index is -0.0959. The molecule has 4 heterocycles. The molecule has 0 atom stereocenters. The number of pyridine rings is 2. The Morgan fingerprint density at radius 2 is 1.60 bits per heavy atom. The zero-order valence-corrected chi connectivity index (χ0v) is 13.6. The molecule has 0 bridgehead atoms. The first-order valence-corrected chi connectivity index (χ1v) is 8.16. The maximum atomic E-state index is 12.8. The van der Waals surface area contributed by atoms with Gasteiger partial charge in [-0.15, -0.1) is 0 Å². The van der Waals surface area contributed by atoms with Crippen LogP contribution in [0.5, 0.6) is 0 Å². The molecule has 25 heavy (non-hydrogen) atoms. The molecule has 1 fully saturated rings. The molecule has 126 valence electrons. The van der Waals surface area contributed by atoms with E-state index >= 15 is 0 Å². The summed E-state index contributed by atoms with van der Waals surface area (Å²) in [6.07, 6.45) is 4.98. The van der Waals surface area contributed by atoms with E-state index in [0.29, 0.717) is 43.0 Å². The Bertz CT molecular complexity index is 913. The average molecular weight is 335 g/mol. The zero-order valence-electron chi connectivity index (χ0n) is 13.6. The fourth-order valence-electron chi connectivity index (χ4n) is 3.05. The van der Waals surface area contributed by atoms with Gasteiger partial charge < -0.3 is 14.8 Å². The number of amides is 2. The lowest BCUT2D eigenvalue weighted by atomic mass is 10.2. The summed E-state index contributed by atoms with van der Waals surface area (Å²) < 4.78 is 0. The number of fused-ring (bicyclic) bond motifs is 1. The van der Waals surface area contributed by atoms with Gasteiger partial charge in [0.05, 0.1) is 11.1 Å². The standard InChI is InChI=1S/C18H17N5O2/c24-17(13-12-21-14-5-3-7-20-16(13)14)22-8-10-23(11-9-22)18(25)15-4-1-2-6-19-15/h1-7,12,21H,8-11H2. The Balaban J connectivity index is 1.45. The molecule has 0 aliphatic carbocycles. The van der Waals surface area contributed by atoms with Crippen molar-refractivity contribution in [1.29, 1.82) is 0 Å². The smallest absolute Gasteiger partial charge is 0.272 e. The highest BCUT2D eigenvalue weighted by atomic mass is 16.2. The van der Waals surface area contributed by atoms with Gasteiger partial charge in [0, 0.05) is 44.8 Å². The number of nitrogens with one attached hydrogen (secondary N) is 1. The van der Waals surface area contributed by atoms with Gasteiger partial charge in [-0.3, -0.25) is 19.6 Å². The summed E-state index contributed by atoms with van der Waals surface area (Å²) in [5, 5.41) is 0. The quantitative estimate of drug-likeness (QED) is 0.770. The van der Waals surface area contributed by atoms with Gasteiger partial charge in [0.15, 0.2) is 0 Å². The van der Waals surface area contributed by atoms with E-state index in [0.717, 1.165) is 5.52 Å². The highest BCUT2D eigenvalue weighted by Gasteiger charge is 2.27. The zero-order chi connectivity index (χ0) is 17.2. The number of piperazine rings is 1. The van der Waals surface area contributed by atoms with Crippen LogP contribution < -0.4 is 0 Å². The van der Waals surface area contributed by atoms with Crippen molar-refractivity contribution in [3.63, 3.8) is 0 Å². The van der Waals surface area contributed by atoms with Crippen LogP contribution in [0.2, 0.25) is 0 Å². The largest absolute Gasteiger partial charge is 0.359 e. The number of rotatable bonds is 2. The maximum absolute atomic E-state index is 12.8. The minimum Gasteiger partial charge on any atom is -0.359 e. The summed E-state index contributed by atoms with van der Waals surface area (Å²) in [4.78, 5) is 40.2. The van der Waals surface area contributed by atoms with Crippen molar-refractivity contribution in [1.82, 2.24) is 24.8 Å². The van der Waals surface area contributed by atoms with Crippen molar-refractivity contribution in [2.24, 2.45) is 0 Å². The van der Waals surface area contributed by atoms with Crippen molar-refractivity contribution in [3.05, 3.63) is 60.2 Å². The highest BCUT2D eigenvalue weighted by molar-refractivity contribution is 6.05. The van der Waals surface area contributed by atoms with E-state index in [2.05, 4.69) is 15.0 Å². The van der Waals surface area contributed by atoms with Gasteiger partial charge in [0.2, 0.25) is 0 Å². The van der Waals surface area contributed by atoms with Crippen LogP contribution in [0.25, 0.3) is 11.0 Å². The number of nitrogens with zero attached hydrogens (tertiary/aromatic N) is 4. The summed E-state index contributed by atoms with van der Waals surface area (Å²) in [5.74, 6) is -0.156. The molecule has 0 radical (unpaired) electrons. The summed E-state index contributed by atoms with van der Waals surface area (Å²) in [7, 11) is 0. The summed E-state index contributed by atoms with van der Waals surface area (Å²) >= 11 is 0. The minimum absolute atomic E-state index is 0.0603. The van der Waals surface area contributed by atoms with Crippen LogP contribution in [0.15, 0.2) is 48.9 Å². The van der Waals surface area contributed by atoms with Crippen LogP contribution in [0.1, 0.15) is 20.8 Å². The van der Waals surface area contributed by atoms with Crippen molar-refractivity contribution < 1.29 is 9.59 Å². The SMILES string of the molecule is O=C(c1ccccn1)N1CCN(C(=O)c2c[nH]c3cccnc23)CC1. The lowest BCUT2D eigenvalue weighted by Gasteiger charge is -2.34. The molecule has 1 aliphatic rings. The first-order valence-electron chi connectivity index (χ1n) is 8.16. The summed E-state index contributed by atoms with van der Waals surface area (Å²) in [6.45, 7) is 1.99. The van der Waals surface area contributed by atoms with Crippen molar-refractivity contribution in [2.45, 2.75) is 0 Å². The molecule has 4 rings (SSSR count). The Hall–Kier alpha value is -3.22. The van der Waals surface area contributed by atoms with Crippen LogP contribution >= 0.6 is 0 Å². The molecule has 1 aliphatic heterocycles. The van der Waals surface area contributed by atoms with Gasteiger partial charge >= 0.3 is 0 Å². The van der Waals surface area contributed by atoms with E-state index in [9.17, 15) is 9.59 Å². The number of hydrogen-bond acceptors (Lipinski definition) is 4. The molecular formula is C18H17N5O2. The first kappa shape index (κ1) is 15.3. The van der Waals surface area contributed by atoms with E-state index in [-0.39, 0.29) is 11.8 Å². The maximum Gasteiger partial charge on any atom is 0.272 e. The number of hydrogen-bond donors (Lipinski definition) is 1. The summed E-state index contributed by atoms with van der Waals surface area (Å²) in [6, 6.07) is 9.00. The molecule has 1 N–H and O–H groups in total. The Morgan fingerprint density at radius 1 is 0.880 bits per heavy atom. The lowest BCUT2D eigenvalue weighted by molar-refractivity contribution is 0.0533. The van der Waals surface area contributed by atoms with Gasteiger partial charge in [0.25, 0.3) is 11.8 Å². The fraction of sp³-hybridized carbons (Fsp3) is 0.222. The van der Waals surface area contributed by atoms with Gasteiger partial charge in [-0.2, -0.15) is 0 Å². The van der Waals surface area contributed by atoms with Crippen LogP contribution in [0.4, 0.5) is 0 Å². The molecule has 1 saturated heterocycles. The molecule has 2 amide bonds. The van der Waals surface area contributed by atoms with E-state index in [1.54, 1.807) is 46.6 Å². The Labute approximate surface area is 144 Å². The lowest BCUT2D eigenvalue weighted by Crippen LogP contribution is -2.50. The third-order valence-electron chi connectivity index (χ3n) is 4.40. The molecule has 3 aromatic rings. The molecule has 0 aromatic carbocycles. The van der Waals surface area contributed by atoms with Crippen molar-refractivity contribution in [2.75, 3.05) is 26.2 Å². The van der Waals surface area contributed by atoms with E-state index in [4.69, 9.17) is 0 Å². The first-order chi connectivity index (χ1) is 12.2. The third-order valence-corrected chi connectivity index (χ3v) is 4.40. The van der Waals surface area contributed by atoms with E-state index < -0.39 is 0 Å². The number of aromatic nitrogens is 3. The molecule has 7 heteroatoms. The number of H-pyrrole nitrogens is 1. The highest BCUT2D eigenvalue weighted by Crippen LogP contribution is 2.18. The second-order valence-corrected chi connectivity index (χ2v) is 5.90. The monoisotopic (exact) mass is 335 g/mol. The predicted molar refractivity (Wildman–Crippen MR) is 92.1 cm³/mol. The molecular weight excluding hydrogens is 318 g/mol. The molecule has 0 saturated carbocycles. The van der Waals surface area contributed by atoms with E-state index in [1.807, 2.05) is 12.1 Å². The van der Waals surface area contributed by atoms with Crippen LogP contribution in [0, 0.1) is 0 Å². The second-order valence-electron chi connectivity index (χ2n) is 5.90. The normalized spacial score (nSPS) is 14.7. The second kappa shape index (κ2) is 6.35. The van der Waals surface area contributed by atoms with Crippen LogP contribution in [-0.4, -0.2) is 62.7 Å². The van der Waals surface area contributed by atoms with Gasteiger partial charge in [0.1, 0.15) is 11.2 Å². The Kier molecular flexibility index (Phi) is 3.89. The van der Waals surface area contributed by atoms with Gasteiger partial charge in [-0.25, -0.2) is 0 Å². The molecule has 7 nitrogen and oxygen atoms in total. The third kappa shape index (κ3) is 2.84.